The minimum Gasteiger partial charge on any atom is -0.374 e. The quantitative estimate of drug-likeness (QED) is 0.535. The molecule has 2 fully saturated rings. The fourth-order valence-corrected chi connectivity index (χ4v) is 3.71. The lowest BCUT2D eigenvalue weighted by Gasteiger charge is -2.34. The smallest absolute Gasteiger partial charge is 0.191 e. The van der Waals surface area contributed by atoms with E-state index in [1.165, 1.54) is 38.8 Å². The molecule has 0 aromatic rings. The first kappa shape index (κ1) is 20.5. The molecule has 1 unspecified atom stereocenters. The van der Waals surface area contributed by atoms with Gasteiger partial charge in [0.1, 0.15) is 0 Å². The molecule has 0 saturated carbocycles. The monoisotopic (exact) mass is 353 g/mol. The van der Waals surface area contributed by atoms with Crippen molar-refractivity contribution in [3.8, 4) is 0 Å². The van der Waals surface area contributed by atoms with Crippen LogP contribution < -0.4 is 10.6 Å². The summed E-state index contributed by atoms with van der Waals surface area (Å²) in [6, 6.07) is 0. The van der Waals surface area contributed by atoms with Crippen LogP contribution in [0.25, 0.3) is 0 Å². The van der Waals surface area contributed by atoms with Crippen LogP contribution in [-0.2, 0) is 4.74 Å². The van der Waals surface area contributed by atoms with Crippen LogP contribution in [0.5, 0.6) is 0 Å². The van der Waals surface area contributed by atoms with Gasteiger partial charge in [-0.15, -0.1) is 0 Å². The van der Waals surface area contributed by atoms with Crippen molar-refractivity contribution in [3.63, 3.8) is 0 Å². The van der Waals surface area contributed by atoms with Gasteiger partial charge in [-0.25, -0.2) is 0 Å². The molecular weight excluding hydrogens is 314 g/mol. The summed E-state index contributed by atoms with van der Waals surface area (Å²) in [5.74, 6) is 1.60. The highest BCUT2D eigenvalue weighted by atomic mass is 16.5. The first-order valence-corrected chi connectivity index (χ1v) is 10.2. The van der Waals surface area contributed by atoms with E-state index >= 15 is 0 Å². The number of hydrogen-bond donors (Lipinski definition) is 2. The first-order valence-electron chi connectivity index (χ1n) is 10.2. The highest BCUT2D eigenvalue weighted by Gasteiger charge is 2.21. The van der Waals surface area contributed by atoms with Gasteiger partial charge in [-0.1, -0.05) is 26.7 Å². The van der Waals surface area contributed by atoms with Crippen LogP contribution >= 0.6 is 0 Å². The molecule has 2 N–H and O–H groups in total. The lowest BCUT2D eigenvalue weighted by Crippen LogP contribution is -2.50. The number of morpholine rings is 1. The van der Waals surface area contributed by atoms with Crippen molar-refractivity contribution < 1.29 is 4.74 Å². The standard InChI is InChI=1S/C19H39N5O/c1-17(2)15-24-12-13-25-18(16-24)14-22-19(20-3)21-8-11-23-9-6-4-5-7-10-23/h17-18H,4-16H2,1-3H3,(H2,20,21,22). The van der Waals surface area contributed by atoms with Crippen molar-refractivity contribution in [3.05, 3.63) is 0 Å². The summed E-state index contributed by atoms with van der Waals surface area (Å²) < 4.78 is 5.90. The molecule has 2 aliphatic heterocycles. The minimum atomic E-state index is 0.247. The average Bonchev–Trinajstić information content (AvgIpc) is 2.86. The fourth-order valence-electron chi connectivity index (χ4n) is 3.71. The number of ether oxygens (including phenoxy) is 1. The van der Waals surface area contributed by atoms with Crippen LogP contribution in [0.1, 0.15) is 39.5 Å². The minimum absolute atomic E-state index is 0.247. The number of guanidine groups is 1. The van der Waals surface area contributed by atoms with Crippen molar-refractivity contribution in [2.24, 2.45) is 10.9 Å². The summed E-state index contributed by atoms with van der Waals surface area (Å²) >= 11 is 0. The van der Waals surface area contributed by atoms with Crippen LogP contribution in [0.2, 0.25) is 0 Å². The summed E-state index contributed by atoms with van der Waals surface area (Å²) in [7, 11) is 1.84. The van der Waals surface area contributed by atoms with E-state index in [4.69, 9.17) is 4.74 Å². The maximum absolute atomic E-state index is 5.90. The lowest BCUT2D eigenvalue weighted by atomic mass is 10.2. The van der Waals surface area contributed by atoms with E-state index in [2.05, 4.69) is 39.3 Å². The Morgan fingerprint density at radius 2 is 1.84 bits per heavy atom. The molecule has 25 heavy (non-hydrogen) atoms. The molecule has 0 aliphatic carbocycles. The topological polar surface area (TPSA) is 52.1 Å². The molecule has 0 aromatic heterocycles. The molecular formula is C19H39N5O. The van der Waals surface area contributed by atoms with E-state index in [1.54, 1.807) is 0 Å². The second-order valence-electron chi connectivity index (χ2n) is 7.78. The van der Waals surface area contributed by atoms with Crippen molar-refractivity contribution >= 4 is 5.96 Å². The Kier molecular flexibility index (Phi) is 9.58. The zero-order valence-electron chi connectivity index (χ0n) is 16.6. The van der Waals surface area contributed by atoms with Crippen molar-refractivity contribution in [1.82, 2.24) is 20.4 Å². The maximum Gasteiger partial charge on any atom is 0.191 e. The normalized spacial score (nSPS) is 24.3. The third-order valence-corrected chi connectivity index (χ3v) is 4.99. The van der Waals surface area contributed by atoms with Gasteiger partial charge in [-0.05, 0) is 31.8 Å². The predicted molar refractivity (Wildman–Crippen MR) is 105 cm³/mol. The van der Waals surface area contributed by atoms with E-state index in [0.717, 1.165) is 51.8 Å². The molecule has 6 heteroatoms. The van der Waals surface area contributed by atoms with Crippen LogP contribution in [-0.4, -0.2) is 87.9 Å². The molecule has 1 atom stereocenters. The Morgan fingerprint density at radius 1 is 1.08 bits per heavy atom. The molecule has 146 valence electrons. The number of nitrogens with one attached hydrogen (secondary N) is 2. The van der Waals surface area contributed by atoms with Gasteiger partial charge in [0.2, 0.25) is 0 Å². The molecule has 0 radical (unpaired) electrons. The molecule has 2 aliphatic rings. The Morgan fingerprint density at radius 3 is 2.52 bits per heavy atom. The predicted octanol–water partition coefficient (Wildman–Crippen LogP) is 1.38. The summed E-state index contributed by atoms with van der Waals surface area (Å²) in [6.45, 7) is 14.0. The summed E-state index contributed by atoms with van der Waals surface area (Å²) in [6.07, 6.45) is 5.72. The van der Waals surface area contributed by atoms with Gasteiger partial charge in [0.05, 0.1) is 12.7 Å². The van der Waals surface area contributed by atoms with Gasteiger partial charge in [-0.2, -0.15) is 0 Å². The maximum atomic E-state index is 5.90. The lowest BCUT2D eigenvalue weighted by molar-refractivity contribution is -0.0284. The second-order valence-corrected chi connectivity index (χ2v) is 7.78. The van der Waals surface area contributed by atoms with Gasteiger partial charge in [0, 0.05) is 46.3 Å². The zero-order chi connectivity index (χ0) is 17.9. The van der Waals surface area contributed by atoms with E-state index in [1.807, 2.05) is 7.05 Å². The third kappa shape index (κ3) is 8.38. The largest absolute Gasteiger partial charge is 0.374 e. The Labute approximate surface area is 154 Å². The molecule has 6 nitrogen and oxygen atoms in total. The molecule has 0 amide bonds. The summed E-state index contributed by atoms with van der Waals surface area (Å²) in [5, 5.41) is 6.88. The molecule has 0 bridgehead atoms. The van der Waals surface area contributed by atoms with Crippen LogP contribution in [0.4, 0.5) is 0 Å². The summed E-state index contributed by atoms with van der Waals surface area (Å²) in [5.41, 5.74) is 0. The van der Waals surface area contributed by atoms with Gasteiger partial charge in [0.15, 0.2) is 5.96 Å². The first-order chi connectivity index (χ1) is 12.2. The molecule has 0 spiro atoms. The molecule has 2 rings (SSSR count). The SMILES string of the molecule is CN=C(NCCN1CCCCCC1)NCC1CN(CC(C)C)CCO1. The number of likely N-dealkylation sites (tertiary alicyclic amines) is 1. The zero-order valence-corrected chi connectivity index (χ0v) is 16.6. The molecule has 0 aromatic carbocycles. The van der Waals surface area contributed by atoms with Crippen LogP contribution in [0.3, 0.4) is 0 Å². The second kappa shape index (κ2) is 11.7. The Balaban J connectivity index is 1.62. The number of aliphatic imine (C=N–C) groups is 1. The third-order valence-electron chi connectivity index (χ3n) is 4.99. The van der Waals surface area contributed by atoms with Gasteiger partial charge < -0.3 is 20.3 Å². The Hall–Kier alpha value is -0.850. The number of hydrogen-bond acceptors (Lipinski definition) is 4. The van der Waals surface area contributed by atoms with E-state index < -0.39 is 0 Å². The van der Waals surface area contributed by atoms with Crippen molar-refractivity contribution in [1.29, 1.82) is 0 Å². The van der Waals surface area contributed by atoms with Crippen molar-refractivity contribution in [2.45, 2.75) is 45.6 Å². The highest BCUT2D eigenvalue weighted by Crippen LogP contribution is 2.09. The van der Waals surface area contributed by atoms with E-state index in [0.29, 0.717) is 5.92 Å². The number of nitrogens with zero attached hydrogens (tertiary/aromatic N) is 3. The van der Waals surface area contributed by atoms with Crippen LogP contribution in [0, 0.1) is 5.92 Å². The van der Waals surface area contributed by atoms with Crippen LogP contribution in [0.15, 0.2) is 4.99 Å². The highest BCUT2D eigenvalue weighted by molar-refractivity contribution is 5.79. The van der Waals surface area contributed by atoms with Gasteiger partial charge in [0.25, 0.3) is 0 Å². The average molecular weight is 354 g/mol. The number of rotatable bonds is 7. The Bertz CT molecular complexity index is 380. The van der Waals surface area contributed by atoms with E-state index in [9.17, 15) is 0 Å². The van der Waals surface area contributed by atoms with Crippen molar-refractivity contribution in [2.75, 3.05) is 66.0 Å². The van der Waals surface area contributed by atoms with E-state index in [-0.39, 0.29) is 6.10 Å². The van der Waals surface area contributed by atoms with Gasteiger partial charge in [-0.3, -0.25) is 9.89 Å². The molecule has 2 saturated heterocycles. The molecule has 2 heterocycles. The summed E-state index contributed by atoms with van der Waals surface area (Å²) in [4.78, 5) is 9.43. The van der Waals surface area contributed by atoms with Gasteiger partial charge >= 0.3 is 0 Å². The fraction of sp³-hybridized carbons (Fsp3) is 0.947.